The van der Waals surface area contributed by atoms with Crippen LogP contribution >= 0.6 is 0 Å². The summed E-state index contributed by atoms with van der Waals surface area (Å²) < 4.78 is 26.3. The predicted molar refractivity (Wildman–Crippen MR) is 40.0 cm³/mol. The molecule has 12 heavy (non-hydrogen) atoms. The van der Waals surface area contributed by atoms with Crippen LogP contribution in [0, 0.1) is 0 Å². The summed E-state index contributed by atoms with van der Waals surface area (Å²) in [5.41, 5.74) is 0. The van der Waals surface area contributed by atoms with E-state index in [9.17, 15) is 8.42 Å². The number of rotatable bonds is 2. The summed E-state index contributed by atoms with van der Waals surface area (Å²) in [7, 11) is -2.55. The minimum atomic E-state index is -3.84. The standard InChI is InChI=1S/C5H7N3O3S/c1-11-4-5(12(6,9)10)8-3-2-7-4/h2-3H,1H3,(H2,6,9,10). The Hall–Kier alpha value is -1.21. The molecule has 0 aliphatic heterocycles. The van der Waals surface area contributed by atoms with E-state index in [-0.39, 0.29) is 10.9 Å². The Labute approximate surface area is 69.4 Å². The zero-order valence-corrected chi connectivity index (χ0v) is 7.08. The van der Waals surface area contributed by atoms with Gasteiger partial charge in [-0.3, -0.25) is 0 Å². The topological polar surface area (TPSA) is 95.2 Å². The molecule has 0 saturated heterocycles. The van der Waals surface area contributed by atoms with E-state index in [2.05, 4.69) is 14.7 Å². The minimum absolute atomic E-state index is 0.0972. The van der Waals surface area contributed by atoms with Gasteiger partial charge in [0, 0.05) is 12.4 Å². The molecule has 0 aromatic carbocycles. The van der Waals surface area contributed by atoms with Crippen molar-refractivity contribution in [1.82, 2.24) is 9.97 Å². The number of hydrogen-bond donors (Lipinski definition) is 1. The Morgan fingerprint density at radius 1 is 1.42 bits per heavy atom. The van der Waals surface area contributed by atoms with Gasteiger partial charge in [-0.15, -0.1) is 0 Å². The summed E-state index contributed by atoms with van der Waals surface area (Å²) in [6.45, 7) is 0. The van der Waals surface area contributed by atoms with E-state index in [1.54, 1.807) is 0 Å². The monoisotopic (exact) mass is 189 g/mol. The molecule has 0 spiro atoms. The first-order valence-electron chi connectivity index (χ1n) is 2.93. The highest BCUT2D eigenvalue weighted by Gasteiger charge is 2.16. The molecular weight excluding hydrogens is 182 g/mol. The highest BCUT2D eigenvalue weighted by Crippen LogP contribution is 2.14. The van der Waals surface area contributed by atoms with Crippen LogP contribution in [-0.4, -0.2) is 25.5 Å². The summed E-state index contributed by atoms with van der Waals surface area (Å²) in [6.07, 6.45) is 2.54. The smallest absolute Gasteiger partial charge is 0.261 e. The first kappa shape index (κ1) is 8.88. The maximum atomic E-state index is 10.8. The highest BCUT2D eigenvalue weighted by atomic mass is 32.2. The lowest BCUT2D eigenvalue weighted by Crippen LogP contribution is -2.15. The molecule has 0 saturated carbocycles. The predicted octanol–water partition coefficient (Wildman–Crippen LogP) is -0.867. The molecule has 1 aromatic rings. The van der Waals surface area contributed by atoms with Crippen molar-refractivity contribution in [3.05, 3.63) is 12.4 Å². The third-order valence-electron chi connectivity index (χ3n) is 1.10. The van der Waals surface area contributed by atoms with Crippen LogP contribution < -0.4 is 9.88 Å². The van der Waals surface area contributed by atoms with Gasteiger partial charge >= 0.3 is 0 Å². The van der Waals surface area contributed by atoms with Crippen LogP contribution in [0.25, 0.3) is 0 Å². The average Bonchev–Trinajstić information content (AvgIpc) is 2.03. The van der Waals surface area contributed by atoms with Crippen LogP contribution in [0.3, 0.4) is 0 Å². The van der Waals surface area contributed by atoms with Gasteiger partial charge in [-0.25, -0.2) is 23.5 Å². The number of methoxy groups -OCH3 is 1. The number of sulfonamides is 1. The van der Waals surface area contributed by atoms with Gasteiger partial charge < -0.3 is 4.74 Å². The van der Waals surface area contributed by atoms with Crippen molar-refractivity contribution in [3.63, 3.8) is 0 Å². The molecule has 1 heterocycles. The van der Waals surface area contributed by atoms with Crippen molar-refractivity contribution in [3.8, 4) is 5.88 Å². The lowest BCUT2D eigenvalue weighted by atomic mass is 10.7. The molecular formula is C5H7N3O3S. The summed E-state index contributed by atoms with van der Waals surface area (Å²) in [4.78, 5) is 7.14. The molecule has 0 aliphatic carbocycles. The van der Waals surface area contributed by atoms with Crippen molar-refractivity contribution >= 4 is 10.0 Å². The second-order valence-electron chi connectivity index (χ2n) is 1.92. The summed E-state index contributed by atoms with van der Waals surface area (Å²) in [5.74, 6) is -0.0972. The van der Waals surface area contributed by atoms with Crippen molar-refractivity contribution in [2.75, 3.05) is 7.11 Å². The fourth-order valence-corrected chi connectivity index (χ4v) is 1.23. The molecule has 0 amide bonds. The van der Waals surface area contributed by atoms with E-state index in [1.807, 2.05) is 0 Å². The molecule has 0 aliphatic rings. The Kier molecular flexibility index (Phi) is 2.25. The molecule has 2 N–H and O–H groups in total. The van der Waals surface area contributed by atoms with Crippen LogP contribution in [0.4, 0.5) is 0 Å². The van der Waals surface area contributed by atoms with Crippen LogP contribution in [0.2, 0.25) is 0 Å². The van der Waals surface area contributed by atoms with Crippen molar-refractivity contribution in [1.29, 1.82) is 0 Å². The minimum Gasteiger partial charge on any atom is -0.479 e. The van der Waals surface area contributed by atoms with Gasteiger partial charge in [0.2, 0.25) is 5.03 Å². The first-order chi connectivity index (χ1) is 5.55. The maximum absolute atomic E-state index is 10.8. The Morgan fingerprint density at radius 2 is 2.00 bits per heavy atom. The van der Waals surface area contributed by atoms with Crippen molar-refractivity contribution in [2.24, 2.45) is 5.14 Å². The molecule has 1 aromatic heterocycles. The zero-order valence-electron chi connectivity index (χ0n) is 6.26. The Bertz CT molecular complexity index is 375. The van der Waals surface area contributed by atoms with Gasteiger partial charge in [0.05, 0.1) is 7.11 Å². The van der Waals surface area contributed by atoms with E-state index in [4.69, 9.17) is 5.14 Å². The van der Waals surface area contributed by atoms with E-state index in [0.717, 1.165) is 0 Å². The molecule has 0 fully saturated rings. The molecule has 0 unspecified atom stereocenters. The molecule has 0 radical (unpaired) electrons. The van der Waals surface area contributed by atoms with Crippen LogP contribution in [0.5, 0.6) is 5.88 Å². The average molecular weight is 189 g/mol. The third-order valence-corrected chi connectivity index (χ3v) is 1.92. The van der Waals surface area contributed by atoms with E-state index in [1.165, 1.54) is 19.5 Å². The van der Waals surface area contributed by atoms with Gasteiger partial charge in [-0.2, -0.15) is 0 Å². The lowest BCUT2D eigenvalue weighted by Gasteiger charge is -2.01. The SMILES string of the molecule is COc1nccnc1S(N)(=O)=O. The number of aromatic nitrogens is 2. The van der Waals surface area contributed by atoms with Gasteiger partial charge in [0.1, 0.15) is 0 Å². The normalized spacial score (nSPS) is 11.2. The molecule has 7 heteroatoms. The van der Waals surface area contributed by atoms with Crippen LogP contribution in [0.1, 0.15) is 0 Å². The summed E-state index contributed by atoms with van der Waals surface area (Å²) >= 11 is 0. The van der Waals surface area contributed by atoms with Crippen LogP contribution in [-0.2, 0) is 10.0 Å². The molecule has 1 rings (SSSR count). The van der Waals surface area contributed by atoms with Crippen LogP contribution in [0.15, 0.2) is 17.4 Å². The number of primary sulfonamides is 1. The largest absolute Gasteiger partial charge is 0.479 e. The van der Waals surface area contributed by atoms with Crippen molar-refractivity contribution in [2.45, 2.75) is 5.03 Å². The van der Waals surface area contributed by atoms with Gasteiger partial charge in [0.25, 0.3) is 15.9 Å². The van der Waals surface area contributed by atoms with E-state index >= 15 is 0 Å². The molecule has 0 bridgehead atoms. The zero-order chi connectivity index (χ0) is 9.19. The Morgan fingerprint density at radius 3 is 2.42 bits per heavy atom. The second kappa shape index (κ2) is 3.03. The molecule has 6 nitrogen and oxygen atoms in total. The fourth-order valence-electron chi connectivity index (χ4n) is 0.648. The van der Waals surface area contributed by atoms with Gasteiger partial charge in [0.15, 0.2) is 0 Å². The molecule has 66 valence electrons. The number of ether oxygens (including phenoxy) is 1. The summed E-state index contributed by atoms with van der Waals surface area (Å²) in [5, 5.41) is 4.47. The number of hydrogen-bond acceptors (Lipinski definition) is 5. The highest BCUT2D eigenvalue weighted by molar-refractivity contribution is 7.89. The quantitative estimate of drug-likeness (QED) is 0.652. The van der Waals surface area contributed by atoms with Gasteiger partial charge in [-0.1, -0.05) is 0 Å². The number of nitrogens with zero attached hydrogens (tertiary/aromatic N) is 2. The third kappa shape index (κ3) is 1.69. The van der Waals surface area contributed by atoms with E-state index < -0.39 is 10.0 Å². The number of nitrogens with two attached hydrogens (primary N) is 1. The lowest BCUT2D eigenvalue weighted by molar-refractivity contribution is 0.380. The molecule has 0 atom stereocenters. The van der Waals surface area contributed by atoms with E-state index in [0.29, 0.717) is 0 Å². The summed E-state index contributed by atoms with van der Waals surface area (Å²) in [6, 6.07) is 0. The Balaban J connectivity index is 3.33. The van der Waals surface area contributed by atoms with Crippen molar-refractivity contribution < 1.29 is 13.2 Å². The maximum Gasteiger partial charge on any atom is 0.261 e. The fraction of sp³-hybridized carbons (Fsp3) is 0.200. The van der Waals surface area contributed by atoms with Gasteiger partial charge in [-0.05, 0) is 0 Å². The second-order valence-corrected chi connectivity index (χ2v) is 3.39. The first-order valence-corrected chi connectivity index (χ1v) is 4.48.